The molecule has 0 aliphatic heterocycles. The van der Waals surface area contributed by atoms with Crippen LogP contribution in [0.3, 0.4) is 0 Å². The number of carboxylic acids is 1. The summed E-state index contributed by atoms with van der Waals surface area (Å²) in [4.78, 5) is 23.8. The van der Waals surface area contributed by atoms with Gasteiger partial charge in [-0.05, 0) is 12.0 Å². The van der Waals surface area contributed by atoms with Gasteiger partial charge in [-0.2, -0.15) is 0 Å². The minimum atomic E-state index is -1.31. The van der Waals surface area contributed by atoms with Gasteiger partial charge in [0.25, 0.3) is 5.91 Å². The largest absolute Gasteiger partial charge is 0.480 e. The average molecular weight is 251 g/mol. The fraction of sp³-hybridized carbons (Fsp3) is 0.385. The molecule has 5 heteroatoms. The quantitative estimate of drug-likeness (QED) is 0.792. The lowest BCUT2D eigenvalue weighted by Crippen LogP contribution is -2.39. The lowest BCUT2D eigenvalue weighted by molar-refractivity contribution is -0.148. The molecule has 0 saturated carbocycles. The molecule has 0 aromatic heterocycles. The van der Waals surface area contributed by atoms with E-state index in [1.807, 2.05) is 6.92 Å². The Hall–Kier alpha value is -1.88. The highest BCUT2D eigenvalue weighted by molar-refractivity contribution is 5.85. The van der Waals surface area contributed by atoms with Gasteiger partial charge in [0.1, 0.15) is 6.54 Å². The number of amides is 1. The van der Waals surface area contributed by atoms with Crippen molar-refractivity contribution in [3.8, 4) is 0 Å². The van der Waals surface area contributed by atoms with Gasteiger partial charge in [-0.15, -0.1) is 0 Å². The first-order valence-corrected chi connectivity index (χ1v) is 5.79. The molecule has 0 radical (unpaired) electrons. The Labute approximate surface area is 106 Å². The number of aliphatic hydroxyl groups excluding tert-OH is 1. The Morgan fingerprint density at radius 2 is 1.89 bits per heavy atom. The number of benzene rings is 1. The Morgan fingerprint density at radius 3 is 2.39 bits per heavy atom. The predicted octanol–water partition coefficient (Wildman–Crippen LogP) is 1.04. The Balaban J connectivity index is 2.79. The summed E-state index contributed by atoms with van der Waals surface area (Å²) in [5.41, 5.74) is 0.467. The van der Waals surface area contributed by atoms with Crippen molar-refractivity contribution in [2.24, 2.45) is 0 Å². The number of carbonyl (C=O) groups excluding carboxylic acids is 1. The van der Waals surface area contributed by atoms with Crippen LogP contribution in [0.1, 0.15) is 25.0 Å². The van der Waals surface area contributed by atoms with Gasteiger partial charge in [0.05, 0.1) is 0 Å². The third kappa shape index (κ3) is 3.85. The van der Waals surface area contributed by atoms with Crippen LogP contribution in [-0.4, -0.2) is 40.1 Å². The fourth-order valence-corrected chi connectivity index (χ4v) is 1.65. The number of carbonyl (C=O) groups is 2. The SMILES string of the molecule is CCCN(CC(=O)O)C(=O)C(O)c1ccccc1. The molecule has 1 unspecified atom stereocenters. The predicted molar refractivity (Wildman–Crippen MR) is 65.9 cm³/mol. The maximum Gasteiger partial charge on any atom is 0.323 e. The van der Waals surface area contributed by atoms with Gasteiger partial charge in [0.15, 0.2) is 6.10 Å². The van der Waals surface area contributed by atoms with Crippen LogP contribution in [0.4, 0.5) is 0 Å². The number of aliphatic carboxylic acids is 1. The fourth-order valence-electron chi connectivity index (χ4n) is 1.65. The van der Waals surface area contributed by atoms with E-state index in [0.29, 0.717) is 18.5 Å². The number of carboxylic acid groups (broad SMARTS) is 1. The lowest BCUT2D eigenvalue weighted by Gasteiger charge is -2.23. The summed E-state index contributed by atoms with van der Waals surface area (Å²) in [6, 6.07) is 8.48. The second-order valence-corrected chi connectivity index (χ2v) is 3.97. The molecule has 1 rings (SSSR count). The number of hydrogen-bond acceptors (Lipinski definition) is 3. The van der Waals surface area contributed by atoms with Crippen LogP contribution in [0.15, 0.2) is 30.3 Å². The molecule has 0 heterocycles. The van der Waals surface area contributed by atoms with Gasteiger partial charge in [-0.3, -0.25) is 9.59 Å². The van der Waals surface area contributed by atoms with E-state index in [1.165, 1.54) is 0 Å². The zero-order valence-electron chi connectivity index (χ0n) is 10.2. The van der Waals surface area contributed by atoms with Crippen molar-refractivity contribution in [1.82, 2.24) is 4.90 Å². The van der Waals surface area contributed by atoms with E-state index in [0.717, 1.165) is 4.90 Å². The van der Waals surface area contributed by atoms with Crippen molar-refractivity contribution in [3.63, 3.8) is 0 Å². The van der Waals surface area contributed by atoms with Gasteiger partial charge in [-0.25, -0.2) is 0 Å². The molecule has 5 nitrogen and oxygen atoms in total. The molecule has 0 aliphatic rings. The summed E-state index contributed by atoms with van der Waals surface area (Å²) in [5.74, 6) is -1.66. The third-order valence-electron chi connectivity index (χ3n) is 2.48. The molecule has 1 aromatic rings. The first kappa shape index (κ1) is 14.2. The Morgan fingerprint density at radius 1 is 1.28 bits per heavy atom. The van der Waals surface area contributed by atoms with Crippen molar-refractivity contribution < 1.29 is 19.8 Å². The van der Waals surface area contributed by atoms with E-state index in [-0.39, 0.29) is 0 Å². The summed E-state index contributed by atoms with van der Waals surface area (Å²) in [5, 5.41) is 18.7. The van der Waals surface area contributed by atoms with E-state index < -0.39 is 24.5 Å². The molecule has 0 fully saturated rings. The molecule has 18 heavy (non-hydrogen) atoms. The van der Waals surface area contributed by atoms with E-state index in [4.69, 9.17) is 5.11 Å². The molecular formula is C13H17NO4. The van der Waals surface area contributed by atoms with Crippen LogP contribution in [0, 0.1) is 0 Å². The van der Waals surface area contributed by atoms with Crippen LogP contribution in [0.5, 0.6) is 0 Å². The summed E-state index contributed by atoms with van der Waals surface area (Å²) >= 11 is 0. The second kappa shape index (κ2) is 6.76. The third-order valence-corrected chi connectivity index (χ3v) is 2.48. The van der Waals surface area contributed by atoms with Crippen LogP contribution in [0.2, 0.25) is 0 Å². The topological polar surface area (TPSA) is 77.8 Å². The zero-order chi connectivity index (χ0) is 13.5. The average Bonchev–Trinajstić information content (AvgIpc) is 2.37. The van der Waals surface area contributed by atoms with Gasteiger partial charge >= 0.3 is 5.97 Å². The second-order valence-electron chi connectivity index (χ2n) is 3.97. The maximum atomic E-state index is 12.0. The van der Waals surface area contributed by atoms with E-state index in [9.17, 15) is 14.7 Å². The van der Waals surface area contributed by atoms with Crippen LogP contribution >= 0.6 is 0 Å². The maximum absolute atomic E-state index is 12.0. The monoisotopic (exact) mass is 251 g/mol. The van der Waals surface area contributed by atoms with Crippen LogP contribution < -0.4 is 0 Å². The first-order valence-electron chi connectivity index (χ1n) is 5.79. The lowest BCUT2D eigenvalue weighted by atomic mass is 10.1. The molecule has 1 amide bonds. The Bertz CT molecular complexity index is 405. The summed E-state index contributed by atoms with van der Waals surface area (Å²) in [7, 11) is 0. The van der Waals surface area contributed by atoms with Crippen molar-refractivity contribution in [3.05, 3.63) is 35.9 Å². The molecule has 2 N–H and O–H groups in total. The molecule has 1 atom stereocenters. The van der Waals surface area contributed by atoms with Crippen molar-refractivity contribution in [1.29, 1.82) is 0 Å². The van der Waals surface area contributed by atoms with E-state index in [2.05, 4.69) is 0 Å². The van der Waals surface area contributed by atoms with Gasteiger partial charge in [-0.1, -0.05) is 37.3 Å². The molecule has 0 saturated heterocycles. The zero-order valence-corrected chi connectivity index (χ0v) is 10.2. The van der Waals surface area contributed by atoms with Crippen molar-refractivity contribution in [2.45, 2.75) is 19.4 Å². The summed E-state index contributed by atoms with van der Waals surface area (Å²) in [6.07, 6.45) is -0.669. The molecule has 0 aliphatic carbocycles. The normalized spacial score (nSPS) is 11.9. The number of rotatable bonds is 6. The van der Waals surface area contributed by atoms with Gasteiger partial charge < -0.3 is 15.1 Å². The van der Waals surface area contributed by atoms with Crippen molar-refractivity contribution in [2.75, 3.05) is 13.1 Å². The molecule has 0 bridgehead atoms. The highest BCUT2D eigenvalue weighted by Gasteiger charge is 2.24. The highest BCUT2D eigenvalue weighted by atomic mass is 16.4. The molecule has 98 valence electrons. The number of hydrogen-bond donors (Lipinski definition) is 2. The Kier molecular flexibility index (Phi) is 5.32. The highest BCUT2D eigenvalue weighted by Crippen LogP contribution is 2.15. The smallest absolute Gasteiger partial charge is 0.323 e. The molecule has 1 aromatic carbocycles. The van der Waals surface area contributed by atoms with Gasteiger partial charge in [0.2, 0.25) is 0 Å². The number of aliphatic hydroxyl groups is 1. The van der Waals surface area contributed by atoms with Gasteiger partial charge in [0, 0.05) is 6.54 Å². The summed E-state index contributed by atoms with van der Waals surface area (Å²) < 4.78 is 0. The van der Waals surface area contributed by atoms with Crippen molar-refractivity contribution >= 4 is 11.9 Å². The standard InChI is InChI=1S/C13H17NO4/c1-2-8-14(9-11(15)16)13(18)12(17)10-6-4-3-5-7-10/h3-7,12,17H,2,8-9H2,1H3,(H,15,16). The van der Waals surface area contributed by atoms with E-state index >= 15 is 0 Å². The first-order chi connectivity index (χ1) is 8.56. The molecular weight excluding hydrogens is 234 g/mol. The minimum absolute atomic E-state index is 0.315. The number of nitrogens with zero attached hydrogens (tertiary/aromatic N) is 1. The van der Waals surface area contributed by atoms with Crippen LogP contribution in [-0.2, 0) is 9.59 Å². The minimum Gasteiger partial charge on any atom is -0.480 e. The van der Waals surface area contributed by atoms with Crippen LogP contribution in [0.25, 0.3) is 0 Å². The molecule has 0 spiro atoms. The van der Waals surface area contributed by atoms with E-state index in [1.54, 1.807) is 30.3 Å². The summed E-state index contributed by atoms with van der Waals surface area (Å²) in [6.45, 7) is 1.77.